The van der Waals surface area contributed by atoms with Crippen molar-refractivity contribution >= 4 is 26.7 Å². The van der Waals surface area contributed by atoms with E-state index in [1.165, 1.54) is 23.0 Å². The predicted octanol–water partition coefficient (Wildman–Crippen LogP) is 3.86. The number of aromatic nitrogens is 1. The second-order valence-electron chi connectivity index (χ2n) is 7.40. The van der Waals surface area contributed by atoms with Crippen LogP contribution >= 0.6 is 0 Å². The number of para-hydroxylation sites is 1. The monoisotopic (exact) mass is 396 g/mol. The van der Waals surface area contributed by atoms with Gasteiger partial charge >= 0.3 is 0 Å². The Morgan fingerprint density at radius 1 is 1.00 bits per heavy atom. The van der Waals surface area contributed by atoms with Gasteiger partial charge in [0.1, 0.15) is 0 Å². The van der Waals surface area contributed by atoms with E-state index in [0.29, 0.717) is 22.9 Å². The molecule has 2 heterocycles. The van der Waals surface area contributed by atoms with Crippen LogP contribution in [0.3, 0.4) is 0 Å². The molecule has 5 nitrogen and oxygen atoms in total. The molecule has 1 saturated heterocycles. The summed E-state index contributed by atoms with van der Waals surface area (Å²) in [5.41, 5.74) is 2.01. The second-order valence-corrected chi connectivity index (χ2v) is 9.21. The van der Waals surface area contributed by atoms with Crippen LogP contribution in [0.1, 0.15) is 35.2 Å². The summed E-state index contributed by atoms with van der Waals surface area (Å²) in [6.45, 7) is 4.72. The Labute approximate surface area is 165 Å². The Hall–Kier alpha value is -2.44. The van der Waals surface area contributed by atoms with E-state index in [1.807, 2.05) is 19.1 Å². The third-order valence-electron chi connectivity index (χ3n) is 5.41. The summed E-state index contributed by atoms with van der Waals surface area (Å²) in [6, 6.07) is 14.0. The molecule has 28 heavy (non-hydrogen) atoms. The maximum Gasteiger partial charge on any atom is 0.268 e. The molecule has 146 valence electrons. The number of rotatable bonds is 6. The highest BCUT2D eigenvalue weighted by atomic mass is 32.2. The maximum atomic E-state index is 13.2. The number of aryl methyl sites for hydroxylation is 1. The lowest BCUT2D eigenvalue weighted by Gasteiger charge is -2.13. The number of fused-ring (bicyclic) bond motifs is 1. The molecule has 0 saturated carbocycles. The van der Waals surface area contributed by atoms with Crippen molar-refractivity contribution in [2.75, 3.05) is 19.6 Å². The fourth-order valence-electron chi connectivity index (χ4n) is 3.80. The topological polar surface area (TPSA) is 59.4 Å². The standard InChI is InChI=1S/C22H24N2O3S/c1-17-8-10-18(11-9-17)28(26,27)24-16-20(19-6-2-3-7-21(19)24)22(25)12-15-23-13-4-5-14-23/h2-3,6-11,16H,4-5,12-15H2,1H3. The number of Topliss-reactive ketones (excluding diaryl/α,β-unsaturated/α-hetero) is 1. The van der Waals surface area contributed by atoms with Crippen LogP contribution in [0, 0.1) is 6.92 Å². The number of carbonyl (C=O) groups is 1. The van der Waals surface area contributed by atoms with Crippen molar-refractivity contribution < 1.29 is 13.2 Å². The van der Waals surface area contributed by atoms with Crippen molar-refractivity contribution in [3.05, 3.63) is 65.9 Å². The number of benzene rings is 2. The molecule has 1 aliphatic heterocycles. The molecule has 0 aliphatic carbocycles. The highest BCUT2D eigenvalue weighted by Gasteiger charge is 2.24. The smallest absolute Gasteiger partial charge is 0.268 e. The van der Waals surface area contributed by atoms with Gasteiger partial charge in [0.05, 0.1) is 10.4 Å². The van der Waals surface area contributed by atoms with Crippen LogP contribution in [0.4, 0.5) is 0 Å². The van der Waals surface area contributed by atoms with Crippen LogP contribution in [0.25, 0.3) is 10.9 Å². The average molecular weight is 397 g/mol. The first-order valence-electron chi connectivity index (χ1n) is 9.65. The van der Waals surface area contributed by atoms with E-state index in [2.05, 4.69) is 4.90 Å². The lowest BCUT2D eigenvalue weighted by Crippen LogP contribution is -2.22. The largest absolute Gasteiger partial charge is 0.303 e. The van der Waals surface area contributed by atoms with Gasteiger partial charge in [-0.05, 0) is 51.1 Å². The molecule has 0 bridgehead atoms. The summed E-state index contributed by atoms with van der Waals surface area (Å²) in [7, 11) is -3.77. The van der Waals surface area contributed by atoms with Crippen molar-refractivity contribution in [1.29, 1.82) is 0 Å². The zero-order valence-corrected chi connectivity index (χ0v) is 16.8. The van der Waals surface area contributed by atoms with Gasteiger partial charge in [0.15, 0.2) is 5.78 Å². The van der Waals surface area contributed by atoms with E-state index < -0.39 is 10.0 Å². The number of hydrogen-bond acceptors (Lipinski definition) is 4. The summed E-state index contributed by atoms with van der Waals surface area (Å²) in [6.07, 6.45) is 4.26. The van der Waals surface area contributed by atoms with Crippen LogP contribution in [0.15, 0.2) is 59.6 Å². The van der Waals surface area contributed by atoms with E-state index in [0.717, 1.165) is 25.2 Å². The first kappa shape index (κ1) is 18.9. The van der Waals surface area contributed by atoms with Crippen LogP contribution in [-0.4, -0.2) is 42.7 Å². The number of carbonyl (C=O) groups excluding carboxylic acids is 1. The molecule has 1 aromatic heterocycles. The first-order chi connectivity index (χ1) is 13.5. The Bertz CT molecular complexity index is 1110. The van der Waals surface area contributed by atoms with E-state index in [-0.39, 0.29) is 10.7 Å². The van der Waals surface area contributed by atoms with Crippen LogP contribution < -0.4 is 0 Å². The molecule has 1 fully saturated rings. The molecule has 3 aromatic rings. The molecule has 1 aliphatic rings. The number of ketones is 1. The fraction of sp³-hybridized carbons (Fsp3) is 0.318. The number of likely N-dealkylation sites (tertiary alicyclic amines) is 1. The molecule has 2 aromatic carbocycles. The lowest BCUT2D eigenvalue weighted by atomic mass is 10.1. The molecule has 0 unspecified atom stereocenters. The number of nitrogens with zero attached hydrogens (tertiary/aromatic N) is 2. The summed E-state index contributed by atoms with van der Waals surface area (Å²) >= 11 is 0. The molecule has 0 amide bonds. The zero-order chi connectivity index (χ0) is 19.7. The highest BCUT2D eigenvalue weighted by molar-refractivity contribution is 7.90. The lowest BCUT2D eigenvalue weighted by molar-refractivity contribution is 0.0970. The molecule has 0 spiro atoms. The predicted molar refractivity (Wildman–Crippen MR) is 110 cm³/mol. The fourth-order valence-corrected chi connectivity index (χ4v) is 5.16. The first-order valence-corrected chi connectivity index (χ1v) is 11.1. The van der Waals surface area contributed by atoms with Gasteiger partial charge in [0.25, 0.3) is 10.0 Å². The summed E-state index contributed by atoms with van der Waals surface area (Å²) in [4.78, 5) is 15.4. The van der Waals surface area contributed by atoms with E-state index in [1.54, 1.807) is 36.4 Å². The quantitative estimate of drug-likeness (QED) is 0.594. The Morgan fingerprint density at radius 2 is 1.68 bits per heavy atom. The average Bonchev–Trinajstić information content (AvgIpc) is 3.34. The second kappa shape index (κ2) is 7.53. The summed E-state index contributed by atoms with van der Waals surface area (Å²) in [5, 5.41) is 0.685. The minimum absolute atomic E-state index is 0.0130. The molecular formula is C22H24N2O3S. The molecule has 0 atom stereocenters. The molecule has 6 heteroatoms. The maximum absolute atomic E-state index is 13.2. The zero-order valence-electron chi connectivity index (χ0n) is 16.0. The van der Waals surface area contributed by atoms with Gasteiger partial charge in [-0.1, -0.05) is 35.9 Å². The van der Waals surface area contributed by atoms with Crippen molar-refractivity contribution in [2.24, 2.45) is 0 Å². The van der Waals surface area contributed by atoms with Crippen LogP contribution in [-0.2, 0) is 10.0 Å². The van der Waals surface area contributed by atoms with Gasteiger partial charge in [0, 0.05) is 30.1 Å². The van der Waals surface area contributed by atoms with Crippen LogP contribution in [0.2, 0.25) is 0 Å². The van der Waals surface area contributed by atoms with Crippen molar-refractivity contribution in [3.8, 4) is 0 Å². The van der Waals surface area contributed by atoms with Gasteiger partial charge in [0.2, 0.25) is 0 Å². The van der Waals surface area contributed by atoms with Gasteiger partial charge in [-0.3, -0.25) is 4.79 Å². The van der Waals surface area contributed by atoms with E-state index in [9.17, 15) is 13.2 Å². The Kier molecular flexibility index (Phi) is 5.08. The van der Waals surface area contributed by atoms with E-state index >= 15 is 0 Å². The summed E-state index contributed by atoms with van der Waals surface area (Å²) in [5.74, 6) is -0.0130. The van der Waals surface area contributed by atoms with E-state index in [4.69, 9.17) is 0 Å². The molecule has 0 radical (unpaired) electrons. The van der Waals surface area contributed by atoms with Gasteiger partial charge in [-0.15, -0.1) is 0 Å². The molecular weight excluding hydrogens is 372 g/mol. The normalized spacial score (nSPS) is 15.3. The van der Waals surface area contributed by atoms with Crippen LogP contribution in [0.5, 0.6) is 0 Å². The van der Waals surface area contributed by atoms with Gasteiger partial charge in [-0.25, -0.2) is 12.4 Å². The molecule has 4 rings (SSSR count). The van der Waals surface area contributed by atoms with Gasteiger partial charge < -0.3 is 4.90 Å². The molecule has 0 N–H and O–H groups in total. The van der Waals surface area contributed by atoms with Gasteiger partial charge in [-0.2, -0.15) is 0 Å². The Morgan fingerprint density at radius 3 is 2.39 bits per heavy atom. The third-order valence-corrected chi connectivity index (χ3v) is 7.10. The minimum Gasteiger partial charge on any atom is -0.303 e. The van der Waals surface area contributed by atoms with Crippen molar-refractivity contribution in [3.63, 3.8) is 0 Å². The highest BCUT2D eigenvalue weighted by Crippen LogP contribution is 2.27. The minimum atomic E-state index is -3.77. The van der Waals surface area contributed by atoms with Crippen molar-refractivity contribution in [1.82, 2.24) is 8.87 Å². The van der Waals surface area contributed by atoms with Crippen molar-refractivity contribution in [2.45, 2.75) is 31.1 Å². The summed E-state index contributed by atoms with van der Waals surface area (Å²) < 4.78 is 27.7. The SMILES string of the molecule is Cc1ccc(S(=O)(=O)n2cc(C(=O)CCN3CCCC3)c3ccccc32)cc1. The third kappa shape index (κ3) is 3.50. The number of hydrogen-bond donors (Lipinski definition) is 0. The Balaban J connectivity index is 1.72.